The second-order valence-electron chi connectivity index (χ2n) is 8.35. The van der Waals surface area contributed by atoms with Gasteiger partial charge in [0.25, 0.3) is 5.91 Å². The summed E-state index contributed by atoms with van der Waals surface area (Å²) in [7, 11) is 0. The van der Waals surface area contributed by atoms with E-state index in [1.807, 2.05) is 13.8 Å². The number of halogens is 3. The molecule has 1 N–H and O–H groups in total. The highest BCUT2D eigenvalue weighted by Crippen LogP contribution is 2.32. The van der Waals surface area contributed by atoms with Gasteiger partial charge in [0.2, 0.25) is 11.8 Å². The molecule has 1 fully saturated rings. The van der Waals surface area contributed by atoms with Gasteiger partial charge in [-0.05, 0) is 47.7 Å². The van der Waals surface area contributed by atoms with Gasteiger partial charge in [0.05, 0.1) is 18.2 Å². The molecule has 1 aliphatic rings. The summed E-state index contributed by atoms with van der Waals surface area (Å²) in [6.07, 6.45) is -3.56. The molecule has 32 heavy (non-hydrogen) atoms. The van der Waals surface area contributed by atoms with Crippen molar-refractivity contribution >= 4 is 17.7 Å². The fourth-order valence-corrected chi connectivity index (χ4v) is 3.67. The Balaban J connectivity index is 1.74. The summed E-state index contributed by atoms with van der Waals surface area (Å²) in [6, 6.07) is 10.9. The molecular formula is C24H25F3N2O3. The third-order valence-electron chi connectivity index (χ3n) is 5.34. The van der Waals surface area contributed by atoms with Crippen LogP contribution in [-0.4, -0.2) is 22.6 Å². The molecule has 0 aromatic heterocycles. The van der Waals surface area contributed by atoms with Gasteiger partial charge in [-0.25, -0.2) is 0 Å². The molecule has 0 bridgehead atoms. The smallest absolute Gasteiger partial charge is 0.345 e. The number of carbonyl (C=O) groups excluding carboxylic acids is 3. The van der Waals surface area contributed by atoms with E-state index in [1.54, 1.807) is 30.3 Å². The van der Waals surface area contributed by atoms with Crippen LogP contribution < -0.4 is 5.32 Å². The van der Waals surface area contributed by atoms with Crippen LogP contribution in [0.4, 0.5) is 13.2 Å². The van der Waals surface area contributed by atoms with Crippen molar-refractivity contribution in [3.63, 3.8) is 0 Å². The van der Waals surface area contributed by atoms with Crippen molar-refractivity contribution < 1.29 is 27.6 Å². The molecule has 0 aliphatic carbocycles. The van der Waals surface area contributed by atoms with Crippen LogP contribution in [-0.2, 0) is 22.3 Å². The Bertz CT molecular complexity index is 984. The second kappa shape index (κ2) is 9.54. The SMILES string of the molecule is CC(C)C[C@@H](NC(=O)c1ccc(CN2C(=O)CCC2=O)cc1)c1cccc(C(F)(F)F)c1. The minimum Gasteiger partial charge on any atom is -0.345 e. The minimum atomic E-state index is -4.46. The molecule has 1 saturated heterocycles. The van der Waals surface area contributed by atoms with Gasteiger partial charge in [-0.15, -0.1) is 0 Å². The van der Waals surface area contributed by atoms with E-state index in [2.05, 4.69) is 5.32 Å². The predicted octanol–water partition coefficient (Wildman–Crippen LogP) is 4.87. The van der Waals surface area contributed by atoms with Gasteiger partial charge in [-0.2, -0.15) is 13.2 Å². The van der Waals surface area contributed by atoms with Gasteiger partial charge >= 0.3 is 6.18 Å². The van der Waals surface area contributed by atoms with Crippen LogP contribution in [0, 0.1) is 5.92 Å². The van der Waals surface area contributed by atoms with Crippen molar-refractivity contribution in [2.45, 2.75) is 51.9 Å². The lowest BCUT2D eigenvalue weighted by Gasteiger charge is -2.22. The first-order valence-electron chi connectivity index (χ1n) is 10.4. The molecule has 1 heterocycles. The van der Waals surface area contributed by atoms with E-state index in [9.17, 15) is 27.6 Å². The van der Waals surface area contributed by atoms with Crippen molar-refractivity contribution in [3.8, 4) is 0 Å². The van der Waals surface area contributed by atoms with Crippen molar-refractivity contribution in [2.75, 3.05) is 0 Å². The van der Waals surface area contributed by atoms with Crippen molar-refractivity contribution in [3.05, 3.63) is 70.8 Å². The number of amides is 3. The second-order valence-corrected chi connectivity index (χ2v) is 8.35. The van der Waals surface area contributed by atoms with Crippen LogP contribution in [0.5, 0.6) is 0 Å². The number of likely N-dealkylation sites (tertiary alicyclic amines) is 1. The van der Waals surface area contributed by atoms with Crippen molar-refractivity contribution in [1.82, 2.24) is 10.2 Å². The normalized spacial score (nSPS) is 15.4. The highest BCUT2D eigenvalue weighted by atomic mass is 19.4. The maximum absolute atomic E-state index is 13.1. The number of hydrogen-bond acceptors (Lipinski definition) is 3. The van der Waals surface area contributed by atoms with Crippen LogP contribution in [0.3, 0.4) is 0 Å². The van der Waals surface area contributed by atoms with E-state index >= 15 is 0 Å². The van der Waals surface area contributed by atoms with Gasteiger partial charge in [-0.3, -0.25) is 19.3 Å². The number of alkyl halides is 3. The molecule has 1 atom stereocenters. The summed E-state index contributed by atoms with van der Waals surface area (Å²) in [5.41, 5.74) is 0.688. The van der Waals surface area contributed by atoms with E-state index < -0.39 is 23.7 Å². The zero-order valence-electron chi connectivity index (χ0n) is 17.9. The topological polar surface area (TPSA) is 66.5 Å². The van der Waals surface area contributed by atoms with Gasteiger partial charge in [-0.1, -0.05) is 38.1 Å². The summed E-state index contributed by atoms with van der Waals surface area (Å²) >= 11 is 0. The molecule has 0 unspecified atom stereocenters. The molecule has 0 spiro atoms. The summed E-state index contributed by atoms with van der Waals surface area (Å²) in [6.45, 7) is 4.02. The van der Waals surface area contributed by atoms with Gasteiger partial charge in [0.1, 0.15) is 0 Å². The monoisotopic (exact) mass is 446 g/mol. The van der Waals surface area contributed by atoms with Crippen LogP contribution in [0.1, 0.15) is 66.2 Å². The maximum atomic E-state index is 13.1. The molecule has 5 nitrogen and oxygen atoms in total. The fourth-order valence-electron chi connectivity index (χ4n) is 3.67. The van der Waals surface area contributed by atoms with Crippen LogP contribution in [0.25, 0.3) is 0 Å². The minimum absolute atomic E-state index is 0.146. The molecule has 2 aromatic rings. The van der Waals surface area contributed by atoms with Crippen molar-refractivity contribution in [1.29, 1.82) is 0 Å². The largest absolute Gasteiger partial charge is 0.416 e. The quantitative estimate of drug-likeness (QED) is 0.617. The molecule has 3 amide bonds. The predicted molar refractivity (Wildman–Crippen MR) is 112 cm³/mol. The Kier molecular flexibility index (Phi) is 7.01. The lowest BCUT2D eigenvalue weighted by molar-refractivity contribution is -0.139. The van der Waals surface area contributed by atoms with E-state index in [4.69, 9.17) is 0 Å². The highest BCUT2D eigenvalue weighted by molar-refractivity contribution is 6.01. The number of nitrogens with one attached hydrogen (secondary N) is 1. The van der Waals surface area contributed by atoms with E-state index in [0.29, 0.717) is 23.1 Å². The molecule has 2 aromatic carbocycles. The maximum Gasteiger partial charge on any atom is 0.416 e. The molecule has 1 aliphatic heterocycles. The Morgan fingerprint density at radius 1 is 1.03 bits per heavy atom. The van der Waals surface area contributed by atoms with Gasteiger partial charge in [0, 0.05) is 18.4 Å². The molecular weight excluding hydrogens is 421 g/mol. The zero-order valence-corrected chi connectivity index (χ0v) is 17.9. The molecule has 8 heteroatoms. The Hall–Kier alpha value is -3.16. The van der Waals surface area contributed by atoms with E-state index in [1.165, 1.54) is 11.0 Å². The first kappa shape index (κ1) is 23.5. The molecule has 0 saturated carbocycles. The highest BCUT2D eigenvalue weighted by Gasteiger charge is 2.31. The fraction of sp³-hybridized carbons (Fsp3) is 0.375. The first-order valence-corrected chi connectivity index (χ1v) is 10.4. The Labute approximate surface area is 184 Å². The Morgan fingerprint density at radius 3 is 2.22 bits per heavy atom. The average Bonchev–Trinajstić information content (AvgIpc) is 3.05. The zero-order chi connectivity index (χ0) is 23.5. The lowest BCUT2D eigenvalue weighted by atomic mass is 9.95. The van der Waals surface area contributed by atoms with E-state index in [-0.39, 0.29) is 37.1 Å². The number of rotatable bonds is 7. The molecule has 0 radical (unpaired) electrons. The summed E-state index contributed by atoms with van der Waals surface area (Å²) in [5.74, 6) is -0.690. The molecule has 170 valence electrons. The van der Waals surface area contributed by atoms with Crippen LogP contribution in [0.2, 0.25) is 0 Å². The van der Waals surface area contributed by atoms with Crippen LogP contribution >= 0.6 is 0 Å². The standard InChI is InChI=1S/C24H25F3N2O3/c1-15(2)12-20(18-4-3-5-19(13-18)24(25,26)27)28-23(32)17-8-6-16(7-9-17)14-29-21(30)10-11-22(29)31/h3-9,13,15,20H,10-12,14H2,1-2H3,(H,28,32)/t20-/m1/s1. The summed E-state index contributed by atoms with van der Waals surface area (Å²) < 4.78 is 39.4. The third-order valence-corrected chi connectivity index (χ3v) is 5.34. The van der Waals surface area contributed by atoms with E-state index in [0.717, 1.165) is 12.1 Å². The number of nitrogens with zero attached hydrogens (tertiary/aromatic N) is 1. The van der Waals surface area contributed by atoms with Crippen LogP contribution in [0.15, 0.2) is 48.5 Å². The van der Waals surface area contributed by atoms with Crippen molar-refractivity contribution in [2.24, 2.45) is 5.92 Å². The summed E-state index contributed by atoms with van der Waals surface area (Å²) in [4.78, 5) is 37.5. The average molecular weight is 446 g/mol. The number of hydrogen-bond donors (Lipinski definition) is 1. The lowest BCUT2D eigenvalue weighted by Crippen LogP contribution is -2.30. The van der Waals surface area contributed by atoms with Gasteiger partial charge < -0.3 is 5.32 Å². The number of imide groups is 1. The Morgan fingerprint density at radius 2 is 1.66 bits per heavy atom. The first-order chi connectivity index (χ1) is 15.0. The van der Waals surface area contributed by atoms with Gasteiger partial charge in [0.15, 0.2) is 0 Å². The number of benzene rings is 2. The number of carbonyl (C=O) groups is 3. The third kappa shape index (κ3) is 5.75. The molecule has 3 rings (SSSR count). The summed E-state index contributed by atoms with van der Waals surface area (Å²) in [5, 5.41) is 2.84.